The molecule has 0 atom stereocenters. The molecule has 0 aliphatic heterocycles. The summed E-state index contributed by atoms with van der Waals surface area (Å²) in [6, 6.07) is 0. The third-order valence-electron chi connectivity index (χ3n) is 1.21. The van der Waals surface area contributed by atoms with Crippen LogP contribution in [0.25, 0.3) is 0 Å². The molecule has 0 aromatic carbocycles. The Hall–Kier alpha value is -0.750. The van der Waals surface area contributed by atoms with Crippen LogP contribution in [-0.4, -0.2) is 17.1 Å². The molecule has 0 bridgehead atoms. The molecule has 0 unspecified atom stereocenters. The molecule has 0 fully saturated rings. The number of anilines is 1. The predicted octanol–water partition coefficient (Wildman–Crippen LogP) is 1.52. The monoisotopic (exact) mass is 215 g/mol. The fraction of sp³-hybridized carbons (Fsp3) is 0.286. The summed E-state index contributed by atoms with van der Waals surface area (Å²) in [6.45, 7) is 3.74. The smallest absolute Gasteiger partial charge is 0.188 e. The number of nitrogens with zero attached hydrogens (tertiary/aromatic N) is 2. The number of aromatic nitrogens is 1. The third kappa shape index (κ3) is 3.65. The Bertz CT molecular complexity index is 271. The Morgan fingerprint density at radius 1 is 1.85 bits per heavy atom. The molecule has 1 rings (SSSR count). The van der Waals surface area contributed by atoms with Gasteiger partial charge in [-0.05, 0) is 12.7 Å². The largest absolute Gasteiger partial charge is 0.322 e. The number of thioether (sulfide) groups is 1. The lowest BCUT2D eigenvalue weighted by Crippen LogP contribution is -1.96. The Morgan fingerprint density at radius 3 is 3.38 bits per heavy atom. The van der Waals surface area contributed by atoms with Crippen molar-refractivity contribution >= 4 is 34.6 Å². The molecule has 3 N–H and O–H groups in total. The van der Waals surface area contributed by atoms with E-state index in [0.717, 1.165) is 22.3 Å². The van der Waals surface area contributed by atoms with Crippen LogP contribution in [0.1, 0.15) is 5.69 Å². The molecule has 0 spiro atoms. The van der Waals surface area contributed by atoms with E-state index in [9.17, 15) is 0 Å². The molecule has 6 heteroatoms. The van der Waals surface area contributed by atoms with Crippen LogP contribution in [-0.2, 0) is 5.75 Å². The Labute approximate surface area is 85.6 Å². The van der Waals surface area contributed by atoms with Crippen molar-refractivity contribution in [3.63, 3.8) is 0 Å². The van der Waals surface area contributed by atoms with Crippen molar-refractivity contribution < 1.29 is 0 Å². The number of hydrogen-bond acceptors (Lipinski definition) is 5. The summed E-state index contributed by atoms with van der Waals surface area (Å²) in [6.07, 6.45) is 1.41. The number of rotatable bonds is 5. The summed E-state index contributed by atoms with van der Waals surface area (Å²) >= 11 is 3.28. The van der Waals surface area contributed by atoms with Crippen LogP contribution in [0.4, 0.5) is 5.13 Å². The molecule has 0 aliphatic carbocycles. The lowest BCUT2D eigenvalue weighted by molar-refractivity contribution is 1.23. The van der Waals surface area contributed by atoms with Crippen LogP contribution in [0.15, 0.2) is 10.5 Å². The standard InChI is InChI=1S/C7H11N4S2/c1-2-12-3-6-4-13-7(11-6)9-5-10-8/h4-5H,1-3,8H2,(H,9,10,11). The van der Waals surface area contributed by atoms with Crippen LogP contribution < -0.4 is 11.2 Å². The van der Waals surface area contributed by atoms with E-state index in [1.807, 2.05) is 5.38 Å². The molecule has 71 valence electrons. The molecule has 1 aromatic rings. The Balaban J connectivity index is 2.43. The van der Waals surface area contributed by atoms with E-state index in [1.165, 1.54) is 17.7 Å². The van der Waals surface area contributed by atoms with Crippen molar-refractivity contribution in [1.82, 2.24) is 4.98 Å². The van der Waals surface area contributed by atoms with Crippen LogP contribution in [0.2, 0.25) is 0 Å². The molecule has 0 saturated heterocycles. The maximum atomic E-state index is 4.93. The minimum Gasteiger partial charge on any atom is -0.322 e. The van der Waals surface area contributed by atoms with Gasteiger partial charge in [-0.25, -0.2) is 4.98 Å². The quantitative estimate of drug-likeness (QED) is 0.338. The highest BCUT2D eigenvalue weighted by Gasteiger charge is 1.99. The second kappa shape index (κ2) is 5.82. The second-order valence-corrected chi connectivity index (χ2v) is 4.08. The molecular weight excluding hydrogens is 204 g/mol. The average Bonchev–Trinajstić information content (AvgIpc) is 2.59. The molecule has 1 radical (unpaired) electrons. The Morgan fingerprint density at radius 2 is 2.69 bits per heavy atom. The van der Waals surface area contributed by atoms with Gasteiger partial charge in [0.05, 0.1) is 5.69 Å². The van der Waals surface area contributed by atoms with Crippen molar-refractivity contribution in [2.45, 2.75) is 5.75 Å². The fourth-order valence-corrected chi connectivity index (χ4v) is 1.99. The SMILES string of the molecule is [CH2]CSCc1csc(NC=NN)n1. The first kappa shape index (κ1) is 10.3. The minimum absolute atomic E-state index is 0.814. The van der Waals surface area contributed by atoms with Crippen molar-refractivity contribution in [3.8, 4) is 0 Å². The van der Waals surface area contributed by atoms with Crippen molar-refractivity contribution in [3.05, 3.63) is 18.0 Å². The van der Waals surface area contributed by atoms with E-state index in [2.05, 4.69) is 22.3 Å². The highest BCUT2D eigenvalue weighted by atomic mass is 32.2. The Kier molecular flexibility index (Phi) is 4.63. The zero-order valence-corrected chi connectivity index (χ0v) is 8.70. The van der Waals surface area contributed by atoms with Gasteiger partial charge in [0.15, 0.2) is 5.13 Å². The molecule has 1 aromatic heterocycles. The molecule has 4 nitrogen and oxygen atoms in total. The number of nitrogens with two attached hydrogens (primary N) is 1. The average molecular weight is 215 g/mol. The van der Waals surface area contributed by atoms with E-state index in [4.69, 9.17) is 5.84 Å². The summed E-state index contributed by atoms with van der Waals surface area (Å²) in [7, 11) is 0. The normalized spacial score (nSPS) is 10.8. The summed E-state index contributed by atoms with van der Waals surface area (Å²) in [5.74, 6) is 6.70. The third-order valence-corrected chi connectivity index (χ3v) is 2.82. The van der Waals surface area contributed by atoms with Gasteiger partial charge in [0, 0.05) is 11.1 Å². The van der Waals surface area contributed by atoms with Gasteiger partial charge in [-0.15, -0.1) is 11.3 Å². The zero-order valence-electron chi connectivity index (χ0n) is 7.06. The molecular formula is C7H11N4S2. The first-order chi connectivity index (χ1) is 6.36. The molecule has 0 amide bonds. The van der Waals surface area contributed by atoms with Gasteiger partial charge in [0.25, 0.3) is 0 Å². The van der Waals surface area contributed by atoms with Gasteiger partial charge in [0.2, 0.25) is 0 Å². The van der Waals surface area contributed by atoms with Crippen LogP contribution in [0.5, 0.6) is 0 Å². The van der Waals surface area contributed by atoms with Crippen molar-refractivity contribution in [2.75, 3.05) is 11.1 Å². The second-order valence-electron chi connectivity index (χ2n) is 2.12. The van der Waals surface area contributed by atoms with E-state index < -0.39 is 0 Å². The highest BCUT2D eigenvalue weighted by Crippen LogP contribution is 2.18. The molecule has 1 heterocycles. The van der Waals surface area contributed by atoms with Gasteiger partial charge >= 0.3 is 0 Å². The molecule has 0 aliphatic rings. The lowest BCUT2D eigenvalue weighted by atomic mass is 10.6. The van der Waals surface area contributed by atoms with Gasteiger partial charge in [-0.2, -0.15) is 16.9 Å². The van der Waals surface area contributed by atoms with Gasteiger partial charge in [-0.3, -0.25) is 0 Å². The van der Waals surface area contributed by atoms with Crippen molar-refractivity contribution in [1.29, 1.82) is 0 Å². The first-order valence-electron chi connectivity index (χ1n) is 3.66. The molecule has 0 saturated carbocycles. The number of hydrogen-bond donors (Lipinski definition) is 2. The van der Waals surface area contributed by atoms with Gasteiger partial charge < -0.3 is 11.2 Å². The predicted molar refractivity (Wildman–Crippen MR) is 59.9 cm³/mol. The van der Waals surface area contributed by atoms with E-state index in [1.54, 1.807) is 11.8 Å². The fourth-order valence-electron chi connectivity index (χ4n) is 0.709. The maximum Gasteiger partial charge on any atom is 0.188 e. The summed E-state index contributed by atoms with van der Waals surface area (Å²) in [5, 5.41) is 9.00. The van der Waals surface area contributed by atoms with Crippen LogP contribution in [0, 0.1) is 6.92 Å². The molecule has 13 heavy (non-hydrogen) atoms. The van der Waals surface area contributed by atoms with E-state index in [-0.39, 0.29) is 0 Å². The summed E-state index contributed by atoms with van der Waals surface area (Å²) in [5.41, 5.74) is 1.06. The van der Waals surface area contributed by atoms with Crippen LogP contribution >= 0.6 is 23.1 Å². The van der Waals surface area contributed by atoms with Crippen molar-refractivity contribution in [2.24, 2.45) is 10.9 Å². The summed E-state index contributed by atoms with van der Waals surface area (Å²) in [4.78, 5) is 4.30. The zero-order chi connectivity index (χ0) is 9.52. The number of hydrazone groups is 1. The maximum absolute atomic E-state index is 4.93. The topological polar surface area (TPSA) is 63.3 Å². The van der Waals surface area contributed by atoms with Crippen LogP contribution in [0.3, 0.4) is 0 Å². The van der Waals surface area contributed by atoms with Gasteiger partial charge in [-0.1, -0.05) is 0 Å². The number of thiazole rings is 1. The van der Waals surface area contributed by atoms with Gasteiger partial charge in [0.1, 0.15) is 6.34 Å². The number of nitrogens with one attached hydrogen (secondary N) is 1. The lowest BCUT2D eigenvalue weighted by Gasteiger charge is -1.92. The minimum atomic E-state index is 0.814. The van der Waals surface area contributed by atoms with E-state index >= 15 is 0 Å². The first-order valence-corrected chi connectivity index (χ1v) is 5.70. The highest BCUT2D eigenvalue weighted by molar-refractivity contribution is 7.98. The van der Waals surface area contributed by atoms with E-state index in [0.29, 0.717) is 0 Å². The summed E-state index contributed by atoms with van der Waals surface area (Å²) < 4.78 is 0.